The third-order valence-electron chi connectivity index (χ3n) is 5.84. The largest absolute Gasteiger partial charge is 0.497 e. The second kappa shape index (κ2) is 9.96. The molecule has 2 aromatic carbocycles. The molecule has 180 valence electrons. The van der Waals surface area contributed by atoms with Crippen molar-refractivity contribution in [1.29, 1.82) is 5.26 Å². The van der Waals surface area contributed by atoms with E-state index in [-0.39, 0.29) is 12.0 Å². The van der Waals surface area contributed by atoms with Crippen molar-refractivity contribution in [3.8, 4) is 17.6 Å². The molecule has 4 rings (SSSR count). The van der Waals surface area contributed by atoms with Crippen molar-refractivity contribution in [3.05, 3.63) is 70.5 Å². The summed E-state index contributed by atoms with van der Waals surface area (Å²) in [6.07, 6.45) is 3.77. The van der Waals surface area contributed by atoms with Crippen LogP contribution in [-0.4, -0.2) is 33.1 Å². The van der Waals surface area contributed by atoms with E-state index in [4.69, 9.17) is 19.6 Å². The number of thioether (sulfide) groups is 1. The van der Waals surface area contributed by atoms with Crippen molar-refractivity contribution in [2.45, 2.75) is 51.4 Å². The van der Waals surface area contributed by atoms with Crippen LogP contribution >= 0.6 is 11.8 Å². The number of fused-ring (bicyclic) bond motifs is 1. The molecule has 0 atom stereocenters. The Hall–Kier alpha value is -3.57. The Balaban J connectivity index is 1.70. The van der Waals surface area contributed by atoms with Crippen molar-refractivity contribution < 1.29 is 9.47 Å². The lowest BCUT2D eigenvalue weighted by Crippen LogP contribution is -2.14. The monoisotopic (exact) mass is 487 g/mol. The van der Waals surface area contributed by atoms with E-state index in [2.05, 4.69) is 31.8 Å². The molecule has 0 N–H and O–H groups in total. The van der Waals surface area contributed by atoms with E-state index in [1.165, 1.54) is 11.8 Å². The lowest BCUT2D eigenvalue weighted by Gasteiger charge is -2.23. The Morgan fingerprint density at radius 2 is 1.89 bits per heavy atom. The first-order valence-corrected chi connectivity index (χ1v) is 12.5. The number of hydrogen-bond donors (Lipinski definition) is 0. The Morgan fingerprint density at radius 1 is 1.14 bits per heavy atom. The predicted molar refractivity (Wildman–Crippen MR) is 138 cm³/mol. The van der Waals surface area contributed by atoms with Gasteiger partial charge in [-0.1, -0.05) is 44.7 Å². The van der Waals surface area contributed by atoms with Crippen LogP contribution in [0.3, 0.4) is 0 Å². The molecule has 0 fully saturated rings. The molecule has 0 unspecified atom stereocenters. The lowest BCUT2D eigenvalue weighted by molar-refractivity contribution is 0.292. The quantitative estimate of drug-likeness (QED) is 0.245. The standard InChI is InChI=1S/C27H29N5O2S/c1-17-11-24(22(27(2,3)4)12-19(17)13-28)34-16-23-21-14-29-26(35-6)30-25(21)32(31-23)15-18-7-9-20(33-5)10-8-18/h7-12,14H,15-16H2,1-6H3. The van der Waals surface area contributed by atoms with Gasteiger partial charge in [0.15, 0.2) is 10.8 Å². The highest BCUT2D eigenvalue weighted by atomic mass is 32.2. The molecule has 4 aromatic rings. The summed E-state index contributed by atoms with van der Waals surface area (Å²) in [6.45, 7) is 9.10. The Labute approximate surface area is 210 Å². The number of aromatic nitrogens is 4. The first-order chi connectivity index (χ1) is 16.7. The topological polar surface area (TPSA) is 85.9 Å². The van der Waals surface area contributed by atoms with Crippen LogP contribution in [0.1, 0.15) is 48.7 Å². The van der Waals surface area contributed by atoms with Gasteiger partial charge in [0, 0.05) is 11.8 Å². The van der Waals surface area contributed by atoms with Gasteiger partial charge in [-0.2, -0.15) is 10.4 Å². The minimum absolute atomic E-state index is 0.180. The Morgan fingerprint density at radius 3 is 2.51 bits per heavy atom. The molecule has 0 spiro atoms. The van der Waals surface area contributed by atoms with Crippen LogP contribution in [0.15, 0.2) is 47.8 Å². The van der Waals surface area contributed by atoms with Crippen LogP contribution in [0.4, 0.5) is 0 Å². The molecular formula is C27H29N5O2S. The van der Waals surface area contributed by atoms with E-state index in [0.29, 0.717) is 17.3 Å². The molecule has 0 aliphatic carbocycles. The summed E-state index contributed by atoms with van der Waals surface area (Å²) in [6, 6.07) is 14.1. The molecule has 0 amide bonds. The fourth-order valence-corrected chi connectivity index (χ4v) is 4.21. The van der Waals surface area contributed by atoms with E-state index in [0.717, 1.165) is 44.9 Å². The van der Waals surface area contributed by atoms with Gasteiger partial charge < -0.3 is 9.47 Å². The zero-order valence-electron chi connectivity index (χ0n) is 20.9. The summed E-state index contributed by atoms with van der Waals surface area (Å²) in [5.41, 5.74) is 4.98. The highest BCUT2D eigenvalue weighted by molar-refractivity contribution is 7.98. The number of nitriles is 1. The van der Waals surface area contributed by atoms with Gasteiger partial charge >= 0.3 is 0 Å². The maximum Gasteiger partial charge on any atom is 0.189 e. The second-order valence-electron chi connectivity index (χ2n) is 9.36. The molecular weight excluding hydrogens is 458 g/mol. The fourth-order valence-electron chi connectivity index (χ4n) is 3.88. The number of hydrogen-bond acceptors (Lipinski definition) is 7. The number of rotatable bonds is 7. The first kappa shape index (κ1) is 24.6. The maximum atomic E-state index is 9.50. The Bertz CT molecular complexity index is 1400. The molecule has 7 nitrogen and oxygen atoms in total. The van der Waals surface area contributed by atoms with Crippen molar-refractivity contribution in [2.24, 2.45) is 0 Å². The number of aryl methyl sites for hydroxylation is 1. The number of ether oxygens (including phenoxy) is 2. The van der Waals surface area contributed by atoms with Crippen molar-refractivity contribution in [2.75, 3.05) is 13.4 Å². The first-order valence-electron chi connectivity index (χ1n) is 11.3. The van der Waals surface area contributed by atoms with Gasteiger partial charge in [0.2, 0.25) is 0 Å². The average Bonchev–Trinajstić information content (AvgIpc) is 3.18. The van der Waals surface area contributed by atoms with Crippen LogP contribution in [0.25, 0.3) is 11.0 Å². The van der Waals surface area contributed by atoms with Gasteiger partial charge in [-0.05, 0) is 54.0 Å². The van der Waals surface area contributed by atoms with E-state index >= 15 is 0 Å². The van der Waals surface area contributed by atoms with Crippen molar-refractivity contribution in [3.63, 3.8) is 0 Å². The van der Waals surface area contributed by atoms with Crippen LogP contribution in [0.5, 0.6) is 11.5 Å². The zero-order valence-corrected chi connectivity index (χ0v) is 21.7. The van der Waals surface area contributed by atoms with Crippen molar-refractivity contribution in [1.82, 2.24) is 19.7 Å². The number of methoxy groups -OCH3 is 1. The van der Waals surface area contributed by atoms with Gasteiger partial charge in [-0.25, -0.2) is 14.6 Å². The lowest BCUT2D eigenvalue weighted by atomic mass is 9.84. The average molecular weight is 488 g/mol. The summed E-state index contributed by atoms with van der Waals surface area (Å²) in [7, 11) is 1.66. The molecule has 2 aromatic heterocycles. The molecule has 0 aliphatic heterocycles. The second-order valence-corrected chi connectivity index (χ2v) is 10.1. The van der Waals surface area contributed by atoms with Gasteiger partial charge in [-0.3, -0.25) is 0 Å². The van der Waals surface area contributed by atoms with E-state index < -0.39 is 0 Å². The molecule has 0 saturated carbocycles. The predicted octanol–water partition coefficient (Wildman–Crippen LogP) is 5.66. The smallest absolute Gasteiger partial charge is 0.189 e. The SMILES string of the molecule is COc1ccc(Cn2nc(COc3cc(C)c(C#N)cc3C(C)(C)C)c3cnc(SC)nc32)cc1. The maximum absolute atomic E-state index is 9.50. The fraction of sp³-hybridized carbons (Fsp3) is 0.333. The molecule has 8 heteroatoms. The zero-order chi connectivity index (χ0) is 25.2. The summed E-state index contributed by atoms with van der Waals surface area (Å²) >= 11 is 1.50. The van der Waals surface area contributed by atoms with Gasteiger partial charge in [0.05, 0.1) is 30.7 Å². The summed E-state index contributed by atoms with van der Waals surface area (Å²) < 4.78 is 13.5. The normalized spacial score (nSPS) is 11.5. The highest BCUT2D eigenvalue weighted by Crippen LogP contribution is 2.34. The van der Waals surface area contributed by atoms with Gasteiger partial charge in [-0.15, -0.1) is 0 Å². The van der Waals surface area contributed by atoms with E-state index in [1.807, 2.05) is 60.5 Å². The summed E-state index contributed by atoms with van der Waals surface area (Å²) in [5, 5.41) is 15.9. The molecule has 2 heterocycles. The molecule has 35 heavy (non-hydrogen) atoms. The third kappa shape index (κ3) is 5.25. The van der Waals surface area contributed by atoms with Gasteiger partial charge in [0.25, 0.3) is 0 Å². The molecule has 0 saturated heterocycles. The molecule has 0 radical (unpaired) electrons. The van der Waals surface area contributed by atoms with Gasteiger partial charge in [0.1, 0.15) is 23.8 Å². The number of nitrogens with zero attached hydrogens (tertiary/aromatic N) is 5. The van der Waals surface area contributed by atoms with Crippen LogP contribution in [0.2, 0.25) is 0 Å². The van der Waals surface area contributed by atoms with Crippen molar-refractivity contribution >= 4 is 22.8 Å². The summed E-state index contributed by atoms with van der Waals surface area (Å²) in [5.74, 6) is 1.57. The summed E-state index contributed by atoms with van der Waals surface area (Å²) in [4.78, 5) is 9.20. The van der Waals surface area contributed by atoms with E-state index in [1.54, 1.807) is 7.11 Å². The molecule has 0 bridgehead atoms. The highest BCUT2D eigenvalue weighted by Gasteiger charge is 2.22. The third-order valence-corrected chi connectivity index (χ3v) is 6.40. The number of benzene rings is 2. The van der Waals surface area contributed by atoms with E-state index in [9.17, 15) is 5.26 Å². The Kier molecular flexibility index (Phi) is 6.99. The van der Waals surface area contributed by atoms with Crippen LogP contribution < -0.4 is 9.47 Å². The van der Waals surface area contributed by atoms with Crippen LogP contribution in [0, 0.1) is 18.3 Å². The molecule has 0 aliphatic rings. The minimum atomic E-state index is -0.180. The van der Waals surface area contributed by atoms with Crippen LogP contribution in [-0.2, 0) is 18.6 Å². The minimum Gasteiger partial charge on any atom is -0.497 e.